The smallest absolute Gasteiger partial charge is 0.252 e. The van der Waals surface area contributed by atoms with Crippen LogP contribution in [0, 0.1) is 0 Å². The van der Waals surface area contributed by atoms with Crippen LogP contribution in [0.4, 0.5) is 14.5 Å². The van der Waals surface area contributed by atoms with Crippen LogP contribution in [0.25, 0.3) is 0 Å². The maximum atomic E-state index is 12.1. The fraction of sp³-hybridized carbons (Fsp3) is 0.400. The molecule has 0 saturated carbocycles. The second-order valence-electron chi connectivity index (χ2n) is 3.67. The molecule has 0 aromatic heterocycles. The number of nitrogens with two attached hydrogens (primary N) is 1. The highest BCUT2D eigenvalue weighted by molar-refractivity contribution is 7.88. The Balaban J connectivity index is 2.79. The van der Waals surface area contributed by atoms with Crippen molar-refractivity contribution in [2.75, 3.05) is 19.3 Å². The van der Waals surface area contributed by atoms with Crippen molar-refractivity contribution in [3.05, 3.63) is 29.8 Å². The van der Waals surface area contributed by atoms with Crippen molar-refractivity contribution in [1.29, 1.82) is 0 Å². The highest BCUT2D eigenvalue weighted by Crippen LogP contribution is 2.13. The molecule has 7 heteroatoms. The third-order valence-corrected chi connectivity index (χ3v) is 3.97. The van der Waals surface area contributed by atoms with E-state index in [0.29, 0.717) is 15.6 Å². The Kier molecular flexibility index (Phi) is 4.41. The molecule has 2 N–H and O–H groups in total. The number of benzene rings is 1. The molecule has 0 fully saturated rings. The molecule has 1 rings (SSSR count). The summed E-state index contributed by atoms with van der Waals surface area (Å²) in [5, 5.41) is 0. The maximum absolute atomic E-state index is 12.1. The number of nitrogen functional groups attached to an aromatic ring is 1. The van der Waals surface area contributed by atoms with Crippen LogP contribution in [-0.2, 0) is 15.8 Å². The number of halogens is 2. The number of hydrogen-bond donors (Lipinski definition) is 1. The van der Waals surface area contributed by atoms with Gasteiger partial charge in [-0.05, 0) is 17.7 Å². The lowest BCUT2D eigenvalue weighted by Gasteiger charge is -2.16. The Morgan fingerprint density at radius 2 is 2.06 bits per heavy atom. The van der Waals surface area contributed by atoms with Gasteiger partial charge in [-0.1, -0.05) is 12.1 Å². The molecule has 0 aliphatic rings. The van der Waals surface area contributed by atoms with E-state index in [-0.39, 0.29) is 5.75 Å². The predicted molar refractivity (Wildman–Crippen MR) is 62.1 cm³/mol. The molecular weight excluding hydrogens is 250 g/mol. The predicted octanol–water partition coefficient (Wildman–Crippen LogP) is 1.30. The van der Waals surface area contributed by atoms with E-state index in [1.807, 2.05) is 0 Å². The Bertz CT molecular complexity index is 477. The average Bonchev–Trinajstić information content (AvgIpc) is 2.15. The van der Waals surface area contributed by atoms with Crippen LogP contribution < -0.4 is 5.73 Å². The summed E-state index contributed by atoms with van der Waals surface area (Å²) >= 11 is 0. The van der Waals surface area contributed by atoms with Crippen molar-refractivity contribution in [3.8, 4) is 0 Å². The van der Waals surface area contributed by atoms with Gasteiger partial charge in [0.15, 0.2) is 0 Å². The van der Waals surface area contributed by atoms with E-state index in [0.717, 1.165) is 7.05 Å². The topological polar surface area (TPSA) is 63.4 Å². The van der Waals surface area contributed by atoms with Crippen LogP contribution in [-0.4, -0.2) is 32.7 Å². The largest absolute Gasteiger partial charge is 0.399 e. The summed E-state index contributed by atoms with van der Waals surface area (Å²) in [5.74, 6) is -0.332. The summed E-state index contributed by atoms with van der Waals surface area (Å²) in [6.07, 6.45) is -2.68. The fourth-order valence-corrected chi connectivity index (χ4v) is 2.47. The highest BCUT2D eigenvalue weighted by atomic mass is 32.2. The quantitative estimate of drug-likeness (QED) is 0.815. The third-order valence-electron chi connectivity index (χ3n) is 2.17. The van der Waals surface area contributed by atoms with Crippen LogP contribution in [0.5, 0.6) is 0 Å². The summed E-state index contributed by atoms with van der Waals surface area (Å²) in [6, 6.07) is 6.34. The van der Waals surface area contributed by atoms with Crippen molar-refractivity contribution in [3.63, 3.8) is 0 Å². The molecule has 0 atom stereocenters. The minimum atomic E-state index is -3.73. The van der Waals surface area contributed by atoms with E-state index in [9.17, 15) is 17.2 Å². The molecule has 0 amide bonds. The summed E-state index contributed by atoms with van der Waals surface area (Å²) in [7, 11) is -2.59. The molecule has 1 aromatic rings. The van der Waals surface area contributed by atoms with Gasteiger partial charge in [-0.2, -0.15) is 4.31 Å². The second kappa shape index (κ2) is 5.42. The minimum Gasteiger partial charge on any atom is -0.399 e. The second-order valence-corrected chi connectivity index (χ2v) is 5.75. The first kappa shape index (κ1) is 13.9. The van der Waals surface area contributed by atoms with Crippen molar-refractivity contribution in [1.82, 2.24) is 4.31 Å². The normalized spacial score (nSPS) is 12.3. The van der Waals surface area contributed by atoms with Gasteiger partial charge in [0, 0.05) is 12.7 Å². The summed E-state index contributed by atoms with van der Waals surface area (Å²) in [4.78, 5) is 0. The lowest BCUT2D eigenvalue weighted by atomic mass is 10.2. The van der Waals surface area contributed by atoms with Crippen molar-refractivity contribution in [2.45, 2.75) is 12.2 Å². The zero-order valence-corrected chi connectivity index (χ0v) is 10.1. The zero-order chi connectivity index (χ0) is 13.1. The van der Waals surface area contributed by atoms with Gasteiger partial charge in [0.05, 0.1) is 12.3 Å². The Labute approximate surface area is 99.1 Å². The van der Waals surface area contributed by atoms with Gasteiger partial charge >= 0.3 is 0 Å². The molecule has 0 bridgehead atoms. The van der Waals surface area contributed by atoms with Gasteiger partial charge < -0.3 is 5.73 Å². The van der Waals surface area contributed by atoms with Crippen molar-refractivity contribution >= 4 is 15.7 Å². The number of hydrogen-bond acceptors (Lipinski definition) is 3. The number of sulfonamides is 1. The molecule has 0 unspecified atom stereocenters. The molecule has 1 aromatic carbocycles. The van der Waals surface area contributed by atoms with E-state index in [1.165, 1.54) is 6.07 Å². The Morgan fingerprint density at radius 3 is 2.59 bits per heavy atom. The first-order valence-electron chi connectivity index (χ1n) is 4.88. The van der Waals surface area contributed by atoms with E-state index in [2.05, 4.69) is 0 Å². The fourth-order valence-electron chi connectivity index (χ4n) is 1.31. The lowest BCUT2D eigenvalue weighted by molar-refractivity contribution is 0.126. The Morgan fingerprint density at radius 1 is 1.41 bits per heavy atom. The standard InChI is InChI=1S/C10H14F2N2O2S/c1-14(6-10(11)12)17(15,16)7-8-3-2-4-9(13)5-8/h2-5,10H,6-7,13H2,1H3. The summed E-state index contributed by atoms with van der Waals surface area (Å²) in [6.45, 7) is -0.801. The number of nitrogens with zero attached hydrogens (tertiary/aromatic N) is 1. The average molecular weight is 264 g/mol. The van der Waals surface area contributed by atoms with Crippen molar-refractivity contribution < 1.29 is 17.2 Å². The van der Waals surface area contributed by atoms with Gasteiger partial charge in [-0.3, -0.25) is 0 Å². The van der Waals surface area contributed by atoms with Crippen LogP contribution in [0.15, 0.2) is 24.3 Å². The first-order valence-corrected chi connectivity index (χ1v) is 6.49. The highest BCUT2D eigenvalue weighted by Gasteiger charge is 2.21. The van der Waals surface area contributed by atoms with Crippen LogP contribution in [0.1, 0.15) is 5.56 Å². The molecular formula is C10H14F2N2O2S. The van der Waals surface area contributed by atoms with Crippen molar-refractivity contribution in [2.24, 2.45) is 0 Å². The van der Waals surface area contributed by atoms with E-state index < -0.39 is 23.0 Å². The number of alkyl halides is 2. The molecule has 0 heterocycles. The first-order chi connectivity index (χ1) is 7.81. The number of anilines is 1. The molecule has 4 nitrogen and oxygen atoms in total. The van der Waals surface area contributed by atoms with Gasteiger partial charge in [-0.15, -0.1) is 0 Å². The molecule has 17 heavy (non-hydrogen) atoms. The summed E-state index contributed by atoms with van der Waals surface area (Å²) < 4.78 is 48.2. The lowest BCUT2D eigenvalue weighted by Crippen LogP contribution is -2.32. The van der Waals surface area contributed by atoms with E-state index in [1.54, 1.807) is 18.2 Å². The van der Waals surface area contributed by atoms with E-state index >= 15 is 0 Å². The molecule has 0 saturated heterocycles. The Hall–Kier alpha value is -1.21. The van der Waals surface area contributed by atoms with Gasteiger partial charge in [-0.25, -0.2) is 17.2 Å². The van der Waals surface area contributed by atoms with Crippen LogP contribution in [0.3, 0.4) is 0 Å². The van der Waals surface area contributed by atoms with E-state index in [4.69, 9.17) is 5.73 Å². The zero-order valence-electron chi connectivity index (χ0n) is 9.31. The molecule has 96 valence electrons. The summed E-state index contributed by atoms with van der Waals surface area (Å²) in [5.41, 5.74) is 6.42. The SMILES string of the molecule is CN(CC(F)F)S(=O)(=O)Cc1cccc(N)c1. The maximum Gasteiger partial charge on any atom is 0.252 e. The third kappa shape index (κ3) is 4.27. The number of rotatable bonds is 5. The van der Waals surface area contributed by atoms with Gasteiger partial charge in [0.1, 0.15) is 0 Å². The van der Waals surface area contributed by atoms with Gasteiger partial charge in [0.2, 0.25) is 10.0 Å². The molecule has 0 aliphatic carbocycles. The minimum absolute atomic E-state index is 0.332. The molecule has 0 spiro atoms. The molecule has 0 aliphatic heterocycles. The monoisotopic (exact) mass is 264 g/mol. The van der Waals surface area contributed by atoms with Gasteiger partial charge in [0.25, 0.3) is 6.43 Å². The molecule has 0 radical (unpaired) electrons. The van der Waals surface area contributed by atoms with Crippen LogP contribution >= 0.6 is 0 Å². The van der Waals surface area contributed by atoms with Crippen LogP contribution in [0.2, 0.25) is 0 Å².